The van der Waals surface area contributed by atoms with E-state index >= 15 is 0 Å². The number of carbonyl (C=O) groups is 1. The lowest BCUT2D eigenvalue weighted by Crippen LogP contribution is -2.47. The van der Waals surface area contributed by atoms with Gasteiger partial charge in [0.05, 0.1) is 21.3 Å². The van der Waals surface area contributed by atoms with E-state index in [9.17, 15) is 4.79 Å². The zero-order valence-electron chi connectivity index (χ0n) is 10.1. The SMILES string of the molecule is CCC(C)(N)C(=O)Nc1c(Cl)ccc(C)c1Cl. The topological polar surface area (TPSA) is 55.1 Å². The van der Waals surface area contributed by atoms with Crippen molar-refractivity contribution in [2.75, 3.05) is 5.32 Å². The second kappa shape index (κ2) is 5.25. The third-order valence-electron chi connectivity index (χ3n) is 2.78. The summed E-state index contributed by atoms with van der Waals surface area (Å²) in [5, 5.41) is 3.53. The van der Waals surface area contributed by atoms with Crippen LogP contribution in [0, 0.1) is 6.92 Å². The van der Waals surface area contributed by atoms with Gasteiger partial charge in [0.1, 0.15) is 0 Å². The molecule has 1 aromatic carbocycles. The van der Waals surface area contributed by atoms with Crippen molar-refractivity contribution in [3.05, 3.63) is 27.7 Å². The average Bonchev–Trinajstić information content (AvgIpc) is 2.29. The lowest BCUT2D eigenvalue weighted by atomic mass is 9.99. The van der Waals surface area contributed by atoms with E-state index in [2.05, 4.69) is 5.32 Å². The second-order valence-electron chi connectivity index (χ2n) is 4.28. The molecular weight excluding hydrogens is 259 g/mol. The van der Waals surface area contributed by atoms with Gasteiger partial charge in [-0.05, 0) is 31.9 Å². The first-order valence-electron chi connectivity index (χ1n) is 5.34. The van der Waals surface area contributed by atoms with E-state index in [1.807, 2.05) is 13.8 Å². The summed E-state index contributed by atoms with van der Waals surface area (Å²) in [6.45, 7) is 5.36. The van der Waals surface area contributed by atoms with Crippen LogP contribution in [0.5, 0.6) is 0 Å². The summed E-state index contributed by atoms with van der Waals surface area (Å²) in [6.07, 6.45) is 0.528. The van der Waals surface area contributed by atoms with Gasteiger partial charge in [-0.2, -0.15) is 0 Å². The highest BCUT2D eigenvalue weighted by Gasteiger charge is 2.27. The van der Waals surface area contributed by atoms with Gasteiger partial charge < -0.3 is 11.1 Å². The van der Waals surface area contributed by atoms with Crippen molar-refractivity contribution in [1.82, 2.24) is 0 Å². The zero-order valence-corrected chi connectivity index (χ0v) is 11.6. The van der Waals surface area contributed by atoms with Crippen LogP contribution in [0.4, 0.5) is 5.69 Å². The number of nitrogens with two attached hydrogens (primary N) is 1. The summed E-state index contributed by atoms with van der Waals surface area (Å²) in [7, 11) is 0. The minimum absolute atomic E-state index is 0.297. The maximum absolute atomic E-state index is 11.9. The molecule has 0 aliphatic rings. The monoisotopic (exact) mass is 274 g/mol. The Kier molecular flexibility index (Phi) is 4.42. The molecule has 1 rings (SSSR count). The Balaban J connectivity index is 3.04. The molecule has 17 heavy (non-hydrogen) atoms. The fourth-order valence-corrected chi connectivity index (χ4v) is 1.65. The molecule has 0 heterocycles. The zero-order chi connectivity index (χ0) is 13.2. The molecule has 3 N–H and O–H groups in total. The maximum atomic E-state index is 11.9. The van der Waals surface area contributed by atoms with E-state index in [-0.39, 0.29) is 5.91 Å². The molecule has 1 amide bonds. The number of carbonyl (C=O) groups excluding carboxylic acids is 1. The summed E-state index contributed by atoms with van der Waals surface area (Å²) in [4.78, 5) is 11.9. The van der Waals surface area contributed by atoms with E-state index in [0.29, 0.717) is 22.2 Å². The molecule has 5 heteroatoms. The molecule has 0 saturated carbocycles. The number of hydrogen-bond acceptors (Lipinski definition) is 2. The molecule has 0 aliphatic carbocycles. The molecular formula is C12H16Cl2N2O. The molecule has 0 fully saturated rings. The van der Waals surface area contributed by atoms with Crippen LogP contribution in [0.2, 0.25) is 10.0 Å². The average molecular weight is 275 g/mol. The van der Waals surface area contributed by atoms with Gasteiger partial charge in [0.25, 0.3) is 0 Å². The molecule has 0 bridgehead atoms. The number of halogens is 2. The summed E-state index contributed by atoms with van der Waals surface area (Å²) in [5.41, 5.74) is 6.18. The van der Waals surface area contributed by atoms with Crippen LogP contribution >= 0.6 is 23.2 Å². The first-order valence-corrected chi connectivity index (χ1v) is 6.10. The van der Waals surface area contributed by atoms with Gasteiger partial charge in [-0.1, -0.05) is 36.2 Å². The lowest BCUT2D eigenvalue weighted by molar-refractivity contribution is -0.120. The second-order valence-corrected chi connectivity index (χ2v) is 5.06. The Labute approximate surface area is 111 Å². The highest BCUT2D eigenvalue weighted by Crippen LogP contribution is 2.33. The van der Waals surface area contributed by atoms with Crippen molar-refractivity contribution < 1.29 is 4.79 Å². The number of amides is 1. The normalized spacial score (nSPS) is 14.2. The van der Waals surface area contributed by atoms with Gasteiger partial charge in [0.2, 0.25) is 5.91 Å². The molecule has 0 radical (unpaired) electrons. The molecule has 1 aromatic rings. The molecule has 1 atom stereocenters. The molecule has 0 spiro atoms. The predicted molar refractivity (Wildman–Crippen MR) is 72.7 cm³/mol. The number of aryl methyl sites for hydroxylation is 1. The number of hydrogen-bond donors (Lipinski definition) is 2. The molecule has 0 aliphatic heterocycles. The maximum Gasteiger partial charge on any atom is 0.244 e. The van der Waals surface area contributed by atoms with Gasteiger partial charge in [-0.3, -0.25) is 4.79 Å². The van der Waals surface area contributed by atoms with Gasteiger partial charge in [0.15, 0.2) is 0 Å². The lowest BCUT2D eigenvalue weighted by Gasteiger charge is -2.22. The van der Waals surface area contributed by atoms with Gasteiger partial charge in [-0.25, -0.2) is 0 Å². The van der Waals surface area contributed by atoms with E-state index in [4.69, 9.17) is 28.9 Å². The number of benzene rings is 1. The van der Waals surface area contributed by atoms with E-state index in [1.165, 1.54) is 0 Å². The molecule has 3 nitrogen and oxygen atoms in total. The largest absolute Gasteiger partial charge is 0.322 e. The Morgan fingerprint density at radius 3 is 2.59 bits per heavy atom. The van der Waals surface area contributed by atoms with Crippen LogP contribution in [0.3, 0.4) is 0 Å². The minimum Gasteiger partial charge on any atom is -0.322 e. The van der Waals surface area contributed by atoms with Crippen LogP contribution in [0.25, 0.3) is 0 Å². The molecule has 0 aromatic heterocycles. The summed E-state index contributed by atoms with van der Waals surface area (Å²) >= 11 is 12.1. The third-order valence-corrected chi connectivity index (χ3v) is 3.58. The third kappa shape index (κ3) is 3.12. The van der Waals surface area contributed by atoms with Crippen LogP contribution < -0.4 is 11.1 Å². The quantitative estimate of drug-likeness (QED) is 0.888. The molecule has 0 saturated heterocycles. The van der Waals surface area contributed by atoms with Crippen LogP contribution in [0.15, 0.2) is 12.1 Å². The summed E-state index contributed by atoms with van der Waals surface area (Å²) in [5.74, 6) is -0.297. The van der Waals surface area contributed by atoms with Gasteiger partial charge >= 0.3 is 0 Å². The molecule has 94 valence electrons. The van der Waals surface area contributed by atoms with Gasteiger partial charge in [0, 0.05) is 0 Å². The highest BCUT2D eigenvalue weighted by molar-refractivity contribution is 6.40. The van der Waals surface area contributed by atoms with Crippen molar-refractivity contribution >= 4 is 34.8 Å². The predicted octanol–water partition coefficient (Wildman–Crippen LogP) is 3.37. The highest BCUT2D eigenvalue weighted by atomic mass is 35.5. The van der Waals surface area contributed by atoms with Gasteiger partial charge in [-0.15, -0.1) is 0 Å². The van der Waals surface area contributed by atoms with Crippen molar-refractivity contribution in [2.45, 2.75) is 32.7 Å². The Morgan fingerprint density at radius 2 is 2.06 bits per heavy atom. The number of rotatable bonds is 3. The van der Waals surface area contributed by atoms with Crippen molar-refractivity contribution in [1.29, 1.82) is 0 Å². The number of nitrogens with one attached hydrogen (secondary N) is 1. The van der Waals surface area contributed by atoms with Crippen LogP contribution in [-0.2, 0) is 4.79 Å². The minimum atomic E-state index is -0.934. The Bertz CT molecular complexity index is 444. The smallest absolute Gasteiger partial charge is 0.244 e. The van der Waals surface area contributed by atoms with Crippen molar-refractivity contribution in [2.24, 2.45) is 5.73 Å². The first-order chi connectivity index (χ1) is 7.79. The van der Waals surface area contributed by atoms with E-state index in [0.717, 1.165) is 5.56 Å². The van der Waals surface area contributed by atoms with Crippen LogP contribution in [-0.4, -0.2) is 11.4 Å². The van der Waals surface area contributed by atoms with Crippen molar-refractivity contribution in [3.8, 4) is 0 Å². The standard InChI is InChI=1S/C12H16Cl2N2O/c1-4-12(3,15)11(17)16-10-8(13)6-5-7(2)9(10)14/h5-6H,4,15H2,1-3H3,(H,16,17). The van der Waals surface area contributed by atoms with E-state index in [1.54, 1.807) is 19.1 Å². The van der Waals surface area contributed by atoms with E-state index < -0.39 is 5.54 Å². The fraction of sp³-hybridized carbons (Fsp3) is 0.417. The number of anilines is 1. The Hall–Kier alpha value is -0.770. The van der Waals surface area contributed by atoms with Crippen molar-refractivity contribution in [3.63, 3.8) is 0 Å². The summed E-state index contributed by atoms with van der Waals surface area (Å²) < 4.78 is 0. The summed E-state index contributed by atoms with van der Waals surface area (Å²) in [6, 6.07) is 3.49. The van der Waals surface area contributed by atoms with Crippen LogP contribution in [0.1, 0.15) is 25.8 Å². The Morgan fingerprint density at radius 1 is 1.47 bits per heavy atom. The first kappa shape index (κ1) is 14.3. The molecule has 1 unspecified atom stereocenters. The fourth-order valence-electron chi connectivity index (χ4n) is 1.19.